The molecule has 0 bridgehead atoms. The minimum atomic E-state index is 0.659. The van der Waals surface area contributed by atoms with E-state index in [2.05, 4.69) is 46.8 Å². The summed E-state index contributed by atoms with van der Waals surface area (Å²) in [6.07, 6.45) is 0. The lowest BCUT2D eigenvalue weighted by atomic mass is 10.1. The van der Waals surface area contributed by atoms with Gasteiger partial charge in [-0.25, -0.2) is 4.98 Å². The van der Waals surface area contributed by atoms with Crippen molar-refractivity contribution in [3.63, 3.8) is 0 Å². The quantitative estimate of drug-likeness (QED) is 0.363. The van der Waals surface area contributed by atoms with Crippen LogP contribution in [0.15, 0.2) is 59.1 Å². The van der Waals surface area contributed by atoms with Gasteiger partial charge in [-0.15, -0.1) is 21.5 Å². The molecule has 0 unspecified atom stereocenters. The number of benzene rings is 2. The maximum atomic E-state index is 5.51. The minimum absolute atomic E-state index is 0.659. The van der Waals surface area contributed by atoms with Gasteiger partial charge < -0.3 is 9.30 Å². The average Bonchev–Trinajstić information content (AvgIpc) is 3.34. The topological polar surface area (TPSA) is 52.8 Å². The van der Waals surface area contributed by atoms with Crippen molar-refractivity contribution in [3.05, 3.63) is 65.2 Å². The lowest BCUT2D eigenvalue weighted by Crippen LogP contribution is -1.96. The summed E-state index contributed by atoms with van der Waals surface area (Å²) >= 11 is 3.33. The van der Waals surface area contributed by atoms with Gasteiger partial charge >= 0.3 is 0 Å². The van der Waals surface area contributed by atoms with E-state index in [9.17, 15) is 0 Å². The zero-order valence-electron chi connectivity index (χ0n) is 16.6. The van der Waals surface area contributed by atoms with Crippen LogP contribution in [0.3, 0.4) is 0 Å². The molecule has 148 valence electrons. The fourth-order valence-electron chi connectivity index (χ4n) is 3.01. The second-order valence-corrected chi connectivity index (χ2v) is 8.37. The molecule has 0 radical (unpaired) electrons. The molecule has 5 nitrogen and oxygen atoms in total. The molecule has 2 aromatic carbocycles. The van der Waals surface area contributed by atoms with E-state index < -0.39 is 0 Å². The van der Waals surface area contributed by atoms with Gasteiger partial charge in [0.25, 0.3) is 0 Å². The average molecular weight is 423 g/mol. The monoisotopic (exact) mass is 422 g/mol. The molecular weight excluding hydrogens is 400 g/mol. The molecule has 29 heavy (non-hydrogen) atoms. The van der Waals surface area contributed by atoms with Gasteiger partial charge in [0.1, 0.15) is 10.8 Å². The normalized spacial score (nSPS) is 11.0. The SMILES string of the molecule is CCOc1ccc(-c2nnc(SCc3csc(-c4ccccc4C)n3)n2C)cc1. The summed E-state index contributed by atoms with van der Waals surface area (Å²) in [5.74, 6) is 2.47. The molecule has 0 aliphatic rings. The highest BCUT2D eigenvalue weighted by molar-refractivity contribution is 7.98. The Morgan fingerprint density at radius 3 is 2.62 bits per heavy atom. The van der Waals surface area contributed by atoms with Crippen molar-refractivity contribution < 1.29 is 4.74 Å². The van der Waals surface area contributed by atoms with E-state index in [4.69, 9.17) is 9.72 Å². The van der Waals surface area contributed by atoms with E-state index in [1.807, 2.05) is 42.8 Å². The van der Waals surface area contributed by atoms with Crippen molar-refractivity contribution in [1.82, 2.24) is 19.7 Å². The Balaban J connectivity index is 1.45. The van der Waals surface area contributed by atoms with Crippen molar-refractivity contribution in [3.8, 4) is 27.7 Å². The van der Waals surface area contributed by atoms with Crippen LogP contribution in [-0.4, -0.2) is 26.4 Å². The molecule has 0 aliphatic carbocycles. The van der Waals surface area contributed by atoms with Crippen LogP contribution in [0.4, 0.5) is 0 Å². The van der Waals surface area contributed by atoms with Crippen molar-refractivity contribution in [2.24, 2.45) is 7.05 Å². The first kappa shape index (κ1) is 19.7. The third-order valence-corrected chi connectivity index (χ3v) is 6.51. The first-order valence-corrected chi connectivity index (χ1v) is 11.3. The van der Waals surface area contributed by atoms with Gasteiger partial charge in [-0.05, 0) is 43.7 Å². The lowest BCUT2D eigenvalue weighted by molar-refractivity contribution is 0.340. The molecule has 0 amide bonds. The fraction of sp³-hybridized carbons (Fsp3) is 0.227. The maximum Gasteiger partial charge on any atom is 0.191 e. The van der Waals surface area contributed by atoms with Gasteiger partial charge in [0.05, 0.1) is 12.3 Å². The number of thiazole rings is 1. The van der Waals surface area contributed by atoms with Crippen molar-refractivity contribution in [1.29, 1.82) is 0 Å². The Morgan fingerprint density at radius 1 is 1.07 bits per heavy atom. The Hall–Kier alpha value is -2.64. The number of aromatic nitrogens is 4. The minimum Gasteiger partial charge on any atom is -0.494 e. The summed E-state index contributed by atoms with van der Waals surface area (Å²) in [7, 11) is 1.99. The zero-order valence-corrected chi connectivity index (χ0v) is 18.3. The molecule has 0 fully saturated rings. The highest BCUT2D eigenvalue weighted by Gasteiger charge is 2.13. The number of aryl methyl sites for hydroxylation is 1. The van der Waals surface area contributed by atoms with Gasteiger partial charge in [-0.2, -0.15) is 0 Å². The Bertz CT molecular complexity index is 1100. The molecule has 7 heteroatoms. The number of nitrogens with zero attached hydrogens (tertiary/aromatic N) is 4. The summed E-state index contributed by atoms with van der Waals surface area (Å²) in [5.41, 5.74) is 4.52. The molecule has 4 aromatic rings. The van der Waals surface area contributed by atoms with E-state index in [1.165, 1.54) is 11.1 Å². The number of hydrogen-bond donors (Lipinski definition) is 0. The molecule has 0 spiro atoms. The van der Waals surface area contributed by atoms with Gasteiger partial charge in [0, 0.05) is 29.3 Å². The molecule has 0 saturated heterocycles. The number of rotatable bonds is 7. The van der Waals surface area contributed by atoms with Crippen LogP contribution in [0.25, 0.3) is 22.0 Å². The summed E-state index contributed by atoms with van der Waals surface area (Å²) in [6.45, 7) is 4.76. The third kappa shape index (κ3) is 4.36. The summed E-state index contributed by atoms with van der Waals surface area (Å²) in [5, 5.41) is 12.8. The van der Waals surface area contributed by atoms with Crippen LogP contribution in [0.5, 0.6) is 5.75 Å². The van der Waals surface area contributed by atoms with E-state index in [0.29, 0.717) is 6.61 Å². The highest BCUT2D eigenvalue weighted by Crippen LogP contribution is 2.30. The third-order valence-electron chi connectivity index (χ3n) is 4.53. The van der Waals surface area contributed by atoms with Crippen LogP contribution < -0.4 is 4.74 Å². The maximum absolute atomic E-state index is 5.51. The molecule has 0 N–H and O–H groups in total. The smallest absolute Gasteiger partial charge is 0.191 e. The lowest BCUT2D eigenvalue weighted by Gasteiger charge is -2.05. The van der Waals surface area contributed by atoms with Crippen molar-refractivity contribution in [2.75, 3.05) is 6.61 Å². The molecule has 2 heterocycles. The van der Waals surface area contributed by atoms with Crippen LogP contribution in [0, 0.1) is 6.92 Å². The molecule has 0 atom stereocenters. The van der Waals surface area contributed by atoms with Crippen molar-refractivity contribution in [2.45, 2.75) is 24.8 Å². The molecule has 4 rings (SSSR count). The number of hydrogen-bond acceptors (Lipinski definition) is 6. The van der Waals surface area contributed by atoms with Gasteiger partial charge in [0.2, 0.25) is 0 Å². The fourth-order valence-corrected chi connectivity index (χ4v) is 4.83. The summed E-state index contributed by atoms with van der Waals surface area (Å²) in [6, 6.07) is 16.3. The zero-order chi connectivity index (χ0) is 20.2. The van der Waals surface area contributed by atoms with Crippen molar-refractivity contribution >= 4 is 23.1 Å². The van der Waals surface area contributed by atoms with E-state index in [-0.39, 0.29) is 0 Å². The van der Waals surface area contributed by atoms with E-state index >= 15 is 0 Å². The molecule has 0 aliphatic heterocycles. The van der Waals surface area contributed by atoms with Gasteiger partial charge in [-0.3, -0.25) is 0 Å². The molecule has 0 saturated carbocycles. The Morgan fingerprint density at radius 2 is 1.86 bits per heavy atom. The Kier molecular flexibility index (Phi) is 5.97. The van der Waals surface area contributed by atoms with Crippen LogP contribution in [0.2, 0.25) is 0 Å². The first-order chi connectivity index (χ1) is 14.2. The second kappa shape index (κ2) is 8.80. The van der Waals surface area contributed by atoms with E-state index in [0.717, 1.165) is 38.7 Å². The number of thioether (sulfide) groups is 1. The molecular formula is C22H22N4OS2. The predicted molar refractivity (Wildman–Crippen MR) is 119 cm³/mol. The number of ether oxygens (including phenoxy) is 1. The van der Waals surface area contributed by atoms with Crippen LogP contribution in [-0.2, 0) is 12.8 Å². The van der Waals surface area contributed by atoms with Gasteiger partial charge in [-0.1, -0.05) is 36.0 Å². The second-order valence-electron chi connectivity index (χ2n) is 6.57. The van der Waals surface area contributed by atoms with Crippen LogP contribution in [0.1, 0.15) is 18.2 Å². The Labute approximate surface area is 178 Å². The van der Waals surface area contributed by atoms with Gasteiger partial charge in [0.15, 0.2) is 11.0 Å². The highest BCUT2D eigenvalue weighted by atomic mass is 32.2. The van der Waals surface area contributed by atoms with Crippen LogP contribution >= 0.6 is 23.1 Å². The van der Waals surface area contributed by atoms with E-state index in [1.54, 1.807) is 23.1 Å². The largest absolute Gasteiger partial charge is 0.494 e. The summed E-state index contributed by atoms with van der Waals surface area (Å²) in [4.78, 5) is 4.80. The predicted octanol–water partition coefficient (Wildman–Crippen LogP) is 5.61. The summed E-state index contributed by atoms with van der Waals surface area (Å²) < 4.78 is 7.53. The molecule has 2 aromatic heterocycles. The standard InChI is InChI=1S/C22H22N4OS2/c1-4-27-18-11-9-16(10-12-18)20-24-25-22(26(20)3)29-14-17-13-28-21(23-17)19-8-6-5-7-15(19)2/h5-13H,4,14H2,1-3H3. The first-order valence-electron chi connectivity index (χ1n) is 9.41.